The van der Waals surface area contributed by atoms with Crippen LogP contribution in [0.3, 0.4) is 0 Å². The molecule has 2 aromatic heterocycles. The van der Waals surface area contributed by atoms with Gasteiger partial charge in [0, 0.05) is 5.69 Å². The molecule has 1 atom stereocenters. The molecule has 4 aromatic rings. The third kappa shape index (κ3) is 4.31. The second-order valence-electron chi connectivity index (χ2n) is 7.00. The van der Waals surface area contributed by atoms with Crippen LogP contribution in [0.1, 0.15) is 18.2 Å². The molecule has 4 rings (SSSR count). The number of para-hydroxylation sites is 1. The van der Waals surface area contributed by atoms with Crippen molar-refractivity contribution in [2.75, 3.05) is 5.32 Å². The molecular formula is C23H21N3O3S. The summed E-state index contributed by atoms with van der Waals surface area (Å²) in [5.41, 5.74) is 2.30. The molecule has 0 aliphatic rings. The van der Waals surface area contributed by atoms with Crippen molar-refractivity contribution in [3.05, 3.63) is 88.6 Å². The number of nitrogens with one attached hydrogen (secondary N) is 1. The van der Waals surface area contributed by atoms with Crippen LogP contribution in [-0.2, 0) is 11.3 Å². The number of aryl methyl sites for hydroxylation is 1. The van der Waals surface area contributed by atoms with Crippen molar-refractivity contribution in [1.29, 1.82) is 0 Å². The second-order valence-corrected chi connectivity index (χ2v) is 8.31. The van der Waals surface area contributed by atoms with Crippen LogP contribution in [0.25, 0.3) is 10.9 Å². The maximum atomic E-state index is 13.1. The number of rotatable bonds is 6. The fourth-order valence-electron chi connectivity index (χ4n) is 3.03. The Morgan fingerprint density at radius 1 is 1.13 bits per heavy atom. The summed E-state index contributed by atoms with van der Waals surface area (Å²) in [7, 11) is 0. The van der Waals surface area contributed by atoms with Gasteiger partial charge < -0.3 is 9.73 Å². The molecule has 0 saturated heterocycles. The predicted molar refractivity (Wildman–Crippen MR) is 119 cm³/mol. The molecule has 30 heavy (non-hydrogen) atoms. The third-order valence-corrected chi connectivity index (χ3v) is 5.78. The molecule has 0 bridgehead atoms. The van der Waals surface area contributed by atoms with E-state index in [-0.39, 0.29) is 18.0 Å². The monoisotopic (exact) mass is 419 g/mol. The van der Waals surface area contributed by atoms with Crippen molar-refractivity contribution in [1.82, 2.24) is 9.55 Å². The van der Waals surface area contributed by atoms with Gasteiger partial charge >= 0.3 is 0 Å². The molecule has 7 heteroatoms. The second kappa shape index (κ2) is 8.59. The van der Waals surface area contributed by atoms with Gasteiger partial charge in [0.2, 0.25) is 5.91 Å². The number of hydrogen-bond donors (Lipinski definition) is 1. The van der Waals surface area contributed by atoms with Crippen LogP contribution >= 0.6 is 11.8 Å². The van der Waals surface area contributed by atoms with Gasteiger partial charge in [0.1, 0.15) is 5.76 Å². The standard InChI is InChI=1S/C23H21N3O3S/c1-15-9-11-17(12-10-15)24-21(27)16(2)30-23-25-20-8-4-3-7-19(20)22(28)26(23)14-18-6-5-13-29-18/h3-13,16H,14H2,1-2H3,(H,24,27)/t16-/m0/s1. The van der Waals surface area contributed by atoms with E-state index in [0.717, 1.165) is 11.3 Å². The zero-order chi connectivity index (χ0) is 21.1. The zero-order valence-electron chi connectivity index (χ0n) is 16.7. The highest BCUT2D eigenvalue weighted by Crippen LogP contribution is 2.24. The van der Waals surface area contributed by atoms with Gasteiger partial charge in [0.05, 0.1) is 29.0 Å². The fraction of sp³-hybridized carbons (Fsp3) is 0.174. The van der Waals surface area contributed by atoms with Gasteiger partial charge in [0.15, 0.2) is 5.16 Å². The predicted octanol–water partition coefficient (Wildman–Crippen LogP) is 4.47. The minimum Gasteiger partial charge on any atom is -0.467 e. The number of carbonyl (C=O) groups is 1. The van der Waals surface area contributed by atoms with Gasteiger partial charge in [-0.1, -0.05) is 41.6 Å². The summed E-state index contributed by atoms with van der Waals surface area (Å²) in [5, 5.41) is 3.46. The number of hydrogen-bond acceptors (Lipinski definition) is 5. The first-order valence-corrected chi connectivity index (χ1v) is 10.5. The van der Waals surface area contributed by atoms with E-state index >= 15 is 0 Å². The molecule has 0 radical (unpaired) electrons. The lowest BCUT2D eigenvalue weighted by molar-refractivity contribution is -0.115. The topological polar surface area (TPSA) is 77.1 Å². The van der Waals surface area contributed by atoms with Crippen molar-refractivity contribution in [3.8, 4) is 0 Å². The molecule has 0 saturated carbocycles. The Morgan fingerprint density at radius 2 is 1.90 bits per heavy atom. The van der Waals surface area contributed by atoms with Gasteiger partial charge in [0.25, 0.3) is 5.56 Å². The van der Waals surface area contributed by atoms with E-state index < -0.39 is 5.25 Å². The van der Waals surface area contributed by atoms with Crippen LogP contribution < -0.4 is 10.9 Å². The molecule has 0 aliphatic heterocycles. The Kier molecular flexibility index (Phi) is 5.72. The molecule has 0 unspecified atom stereocenters. The molecule has 0 fully saturated rings. The summed E-state index contributed by atoms with van der Waals surface area (Å²) in [6.07, 6.45) is 1.57. The van der Waals surface area contributed by atoms with E-state index in [1.165, 1.54) is 11.8 Å². The zero-order valence-corrected chi connectivity index (χ0v) is 17.5. The smallest absolute Gasteiger partial charge is 0.262 e. The van der Waals surface area contributed by atoms with E-state index in [1.54, 1.807) is 36.0 Å². The van der Waals surface area contributed by atoms with E-state index in [4.69, 9.17) is 4.42 Å². The number of furan rings is 1. The van der Waals surface area contributed by atoms with Gasteiger partial charge in [-0.15, -0.1) is 0 Å². The summed E-state index contributed by atoms with van der Waals surface area (Å²) in [6, 6.07) is 18.4. The molecule has 1 amide bonds. The summed E-state index contributed by atoms with van der Waals surface area (Å²) >= 11 is 1.25. The highest BCUT2D eigenvalue weighted by Gasteiger charge is 2.20. The van der Waals surface area contributed by atoms with Gasteiger partial charge in [-0.05, 0) is 50.2 Å². The summed E-state index contributed by atoms with van der Waals surface area (Å²) < 4.78 is 6.98. The fourth-order valence-corrected chi connectivity index (χ4v) is 3.94. The van der Waals surface area contributed by atoms with E-state index in [2.05, 4.69) is 10.3 Å². The van der Waals surface area contributed by atoms with Crippen LogP contribution in [0.15, 0.2) is 81.3 Å². The lowest BCUT2D eigenvalue weighted by Gasteiger charge is -2.16. The maximum Gasteiger partial charge on any atom is 0.262 e. The third-order valence-electron chi connectivity index (χ3n) is 4.69. The number of thioether (sulfide) groups is 1. The summed E-state index contributed by atoms with van der Waals surface area (Å²) in [5.74, 6) is 0.489. The summed E-state index contributed by atoms with van der Waals surface area (Å²) in [4.78, 5) is 30.5. The minimum atomic E-state index is -0.456. The van der Waals surface area contributed by atoms with Crippen LogP contribution in [0.2, 0.25) is 0 Å². The molecule has 0 aliphatic carbocycles. The Morgan fingerprint density at radius 3 is 2.63 bits per heavy atom. The Hall–Kier alpha value is -3.32. The average molecular weight is 420 g/mol. The van der Waals surface area contributed by atoms with Gasteiger partial charge in [-0.3, -0.25) is 14.2 Å². The quantitative estimate of drug-likeness (QED) is 0.369. The average Bonchev–Trinajstić information content (AvgIpc) is 3.26. The SMILES string of the molecule is Cc1ccc(NC(=O)[C@H](C)Sc2nc3ccccc3c(=O)n2Cc2ccco2)cc1. The largest absolute Gasteiger partial charge is 0.467 e. The molecule has 6 nitrogen and oxygen atoms in total. The number of nitrogens with zero attached hydrogens (tertiary/aromatic N) is 2. The Bertz CT molecular complexity index is 1230. The molecule has 0 spiro atoms. The number of carbonyl (C=O) groups excluding carboxylic acids is 1. The van der Waals surface area contributed by atoms with Gasteiger partial charge in [-0.25, -0.2) is 4.98 Å². The Balaban J connectivity index is 1.64. The van der Waals surface area contributed by atoms with Crippen molar-refractivity contribution in [2.45, 2.75) is 30.8 Å². The lowest BCUT2D eigenvalue weighted by Crippen LogP contribution is -2.27. The maximum absolute atomic E-state index is 13.1. The highest BCUT2D eigenvalue weighted by molar-refractivity contribution is 8.00. The lowest BCUT2D eigenvalue weighted by atomic mass is 10.2. The molecule has 2 heterocycles. The van der Waals surface area contributed by atoms with Crippen LogP contribution in [0.5, 0.6) is 0 Å². The van der Waals surface area contributed by atoms with E-state index in [1.807, 2.05) is 49.4 Å². The van der Waals surface area contributed by atoms with E-state index in [9.17, 15) is 9.59 Å². The molecule has 2 aromatic carbocycles. The number of aromatic nitrogens is 2. The Labute approximate surface area is 177 Å². The van der Waals surface area contributed by atoms with Crippen molar-refractivity contribution >= 4 is 34.3 Å². The number of amides is 1. The van der Waals surface area contributed by atoms with Crippen LogP contribution in [0.4, 0.5) is 5.69 Å². The molecule has 1 N–H and O–H groups in total. The summed E-state index contributed by atoms with van der Waals surface area (Å²) in [6.45, 7) is 4.04. The van der Waals surface area contributed by atoms with Gasteiger partial charge in [-0.2, -0.15) is 0 Å². The van der Waals surface area contributed by atoms with Crippen LogP contribution in [-0.4, -0.2) is 20.7 Å². The first-order chi connectivity index (χ1) is 14.5. The number of fused-ring (bicyclic) bond motifs is 1. The number of anilines is 1. The first-order valence-electron chi connectivity index (χ1n) is 9.57. The minimum absolute atomic E-state index is 0.157. The van der Waals surface area contributed by atoms with Crippen molar-refractivity contribution in [2.24, 2.45) is 0 Å². The van der Waals surface area contributed by atoms with Crippen molar-refractivity contribution < 1.29 is 9.21 Å². The normalized spacial score (nSPS) is 12.1. The first kappa shape index (κ1) is 20.0. The number of benzene rings is 2. The molecular weight excluding hydrogens is 398 g/mol. The highest BCUT2D eigenvalue weighted by atomic mass is 32.2. The van der Waals surface area contributed by atoms with Crippen molar-refractivity contribution in [3.63, 3.8) is 0 Å². The molecule has 152 valence electrons. The van der Waals surface area contributed by atoms with Crippen LogP contribution in [0, 0.1) is 6.92 Å². The van der Waals surface area contributed by atoms with E-state index in [0.29, 0.717) is 21.8 Å².